The Hall–Kier alpha value is -8.72. The Balaban J connectivity index is 1.04. The lowest BCUT2D eigenvalue weighted by Gasteiger charge is -2.35. The third-order valence-electron chi connectivity index (χ3n) is 13.0. The van der Waals surface area contributed by atoms with Gasteiger partial charge in [0.05, 0.1) is 23.2 Å². The van der Waals surface area contributed by atoms with Crippen molar-refractivity contribution in [1.82, 2.24) is 0 Å². The van der Waals surface area contributed by atoms with E-state index in [0.717, 1.165) is 71.6 Å². The van der Waals surface area contributed by atoms with E-state index < -0.39 is 106 Å². The van der Waals surface area contributed by atoms with Crippen LogP contribution >= 0.6 is 0 Å². The standard InChI is InChI=1S/C65H43NO/c1-4-15-44(16-5-1)45-27-29-46(30-28-45)47-31-36-52(37-32-47)66(53-38-33-49(34-39-53)55-24-14-26-62-63(55)59-41-35-48-17-10-11-22-56(48)64(59)67-62)54-40-42-58-57-23-12-13-25-60(57)65(61(58)43-54,50-18-6-2-7-19-50)51-20-8-3-9-21-51/h1-43H/i1D,4D,5D,15D,16D,27D,28D,29D,30D,31D,32D,36D,37D. The second kappa shape index (κ2) is 15.8. The zero-order valence-corrected chi connectivity index (χ0v) is 35.7. The number of hydrogen-bond donors (Lipinski definition) is 0. The summed E-state index contributed by atoms with van der Waals surface area (Å²) in [5.74, 6) is 0. The SMILES string of the molecule is [2H]c1c([2H])c([2H])c(-c2c([2H])c([2H])c(-c3c([2H])c([2H])c(N(c4ccc(-c5cccc6oc7c8ccccc8ccc7c56)cc4)c4ccc5c(c4)C(c4ccccc4)(c4ccccc4)c4ccccc4-5)c([2H])c3[2H])c([2H])c2[2H])c([2H])c1[2H]. The molecule has 0 saturated carbocycles. The molecule has 12 aromatic rings. The van der Waals surface area contributed by atoms with E-state index in [1.54, 1.807) is 4.90 Å². The van der Waals surface area contributed by atoms with E-state index in [1.807, 2.05) is 127 Å². The van der Waals surface area contributed by atoms with E-state index in [1.165, 1.54) is 0 Å². The summed E-state index contributed by atoms with van der Waals surface area (Å²) in [6.07, 6.45) is 0. The molecule has 67 heavy (non-hydrogen) atoms. The lowest BCUT2D eigenvalue weighted by atomic mass is 9.67. The first-order valence-corrected chi connectivity index (χ1v) is 22.0. The molecule has 2 heteroatoms. The summed E-state index contributed by atoms with van der Waals surface area (Å²) in [7, 11) is 0. The third kappa shape index (κ3) is 6.26. The number of nitrogens with zero attached hydrogens (tertiary/aromatic N) is 1. The third-order valence-corrected chi connectivity index (χ3v) is 13.0. The first kappa shape index (κ1) is 27.6. The maximum atomic E-state index is 9.92. The average molecular weight is 867 g/mol. The lowest BCUT2D eigenvalue weighted by Crippen LogP contribution is -2.28. The molecule has 0 unspecified atom stereocenters. The van der Waals surface area contributed by atoms with E-state index in [0.29, 0.717) is 17.0 Å². The summed E-state index contributed by atoms with van der Waals surface area (Å²) in [6, 6.07) is 51.4. The summed E-state index contributed by atoms with van der Waals surface area (Å²) in [5.41, 5.74) is 7.03. The van der Waals surface area contributed by atoms with Gasteiger partial charge in [-0.05, 0) is 121 Å². The number of furan rings is 1. The monoisotopic (exact) mass is 866 g/mol. The van der Waals surface area contributed by atoms with Crippen molar-refractivity contribution in [2.24, 2.45) is 0 Å². The van der Waals surface area contributed by atoms with Crippen molar-refractivity contribution in [2.75, 3.05) is 4.90 Å². The molecule has 11 aromatic carbocycles. The average Bonchev–Trinajstić information content (AvgIpc) is 4.18. The van der Waals surface area contributed by atoms with Gasteiger partial charge in [-0.2, -0.15) is 0 Å². The van der Waals surface area contributed by atoms with Gasteiger partial charge in [0.15, 0.2) is 0 Å². The largest absolute Gasteiger partial charge is 0.455 e. The van der Waals surface area contributed by atoms with Crippen LogP contribution in [-0.4, -0.2) is 0 Å². The van der Waals surface area contributed by atoms with E-state index in [2.05, 4.69) is 54.6 Å². The molecule has 0 N–H and O–H groups in total. The molecule has 0 spiro atoms. The Morgan fingerprint density at radius 3 is 1.67 bits per heavy atom. The highest BCUT2D eigenvalue weighted by atomic mass is 16.3. The minimum atomic E-state index is -0.853. The van der Waals surface area contributed by atoms with Gasteiger partial charge >= 0.3 is 0 Å². The summed E-state index contributed by atoms with van der Waals surface area (Å²) >= 11 is 0. The number of benzene rings is 11. The maximum absolute atomic E-state index is 9.92. The predicted octanol–water partition coefficient (Wildman–Crippen LogP) is 17.6. The normalized spacial score (nSPS) is 15.3. The first-order chi connectivity index (χ1) is 38.6. The van der Waals surface area contributed by atoms with Crippen LogP contribution in [0, 0.1) is 0 Å². The molecule has 0 fully saturated rings. The van der Waals surface area contributed by atoms with Crippen LogP contribution in [0.1, 0.15) is 40.1 Å². The highest BCUT2D eigenvalue weighted by molar-refractivity contribution is 6.19. The fraction of sp³-hybridized carbons (Fsp3) is 0.0154. The van der Waals surface area contributed by atoms with Gasteiger partial charge in [-0.15, -0.1) is 0 Å². The van der Waals surface area contributed by atoms with Crippen molar-refractivity contribution >= 4 is 49.8 Å². The van der Waals surface area contributed by atoms with Crippen LogP contribution in [0.4, 0.5) is 17.1 Å². The molecular weight excluding hydrogens is 811 g/mol. The van der Waals surface area contributed by atoms with Crippen LogP contribution in [0.5, 0.6) is 0 Å². The van der Waals surface area contributed by atoms with Gasteiger partial charge in [0, 0.05) is 33.2 Å². The zero-order valence-electron chi connectivity index (χ0n) is 48.7. The van der Waals surface area contributed by atoms with Gasteiger partial charge in [-0.25, -0.2) is 0 Å². The Kier molecular flexibility index (Phi) is 6.49. The molecule has 0 aliphatic heterocycles. The zero-order chi connectivity index (χ0) is 55.6. The molecule has 1 heterocycles. The van der Waals surface area contributed by atoms with Crippen molar-refractivity contribution in [3.8, 4) is 44.5 Å². The van der Waals surface area contributed by atoms with Crippen molar-refractivity contribution in [2.45, 2.75) is 5.41 Å². The fourth-order valence-electron chi connectivity index (χ4n) is 10.0. The topological polar surface area (TPSA) is 16.4 Å². The molecule has 0 atom stereocenters. The summed E-state index contributed by atoms with van der Waals surface area (Å²) in [4.78, 5) is 1.69. The van der Waals surface area contributed by atoms with Crippen molar-refractivity contribution < 1.29 is 22.2 Å². The fourth-order valence-corrected chi connectivity index (χ4v) is 10.0. The van der Waals surface area contributed by atoms with E-state index in [9.17, 15) is 8.22 Å². The number of hydrogen-bond acceptors (Lipinski definition) is 2. The summed E-state index contributed by atoms with van der Waals surface area (Å²) in [6.45, 7) is 0. The number of anilines is 3. The lowest BCUT2D eigenvalue weighted by molar-refractivity contribution is 0.673. The van der Waals surface area contributed by atoms with E-state index >= 15 is 0 Å². The molecule has 314 valence electrons. The van der Waals surface area contributed by atoms with E-state index in [4.69, 9.17) is 14.0 Å². The molecule has 0 saturated heterocycles. The van der Waals surface area contributed by atoms with Gasteiger partial charge in [0.25, 0.3) is 0 Å². The molecule has 13 rings (SSSR count). The Morgan fingerprint density at radius 2 is 0.955 bits per heavy atom. The van der Waals surface area contributed by atoms with Crippen molar-refractivity contribution in [3.63, 3.8) is 0 Å². The smallest absolute Gasteiger partial charge is 0.143 e. The molecule has 0 amide bonds. The number of rotatable bonds is 8. The first-order valence-electron chi connectivity index (χ1n) is 28.5. The second-order valence-electron chi connectivity index (χ2n) is 16.6. The van der Waals surface area contributed by atoms with Crippen LogP contribution in [0.3, 0.4) is 0 Å². The highest BCUT2D eigenvalue weighted by Crippen LogP contribution is 2.57. The minimum Gasteiger partial charge on any atom is -0.455 e. The summed E-state index contributed by atoms with van der Waals surface area (Å²) < 4.78 is 124. The quantitative estimate of drug-likeness (QED) is 0.151. The van der Waals surface area contributed by atoms with Crippen LogP contribution in [0.25, 0.3) is 77.2 Å². The predicted molar refractivity (Wildman–Crippen MR) is 280 cm³/mol. The van der Waals surface area contributed by atoms with Gasteiger partial charge in [-0.1, -0.05) is 212 Å². The molecule has 0 bridgehead atoms. The van der Waals surface area contributed by atoms with Gasteiger partial charge < -0.3 is 9.32 Å². The molecular formula is C65H43NO. The minimum absolute atomic E-state index is 0.155. The molecule has 1 aromatic heterocycles. The number of fused-ring (bicyclic) bond motifs is 8. The van der Waals surface area contributed by atoms with Crippen molar-refractivity contribution in [1.29, 1.82) is 0 Å². The van der Waals surface area contributed by atoms with Gasteiger partial charge in [0.2, 0.25) is 0 Å². The van der Waals surface area contributed by atoms with E-state index in [-0.39, 0.29) is 5.69 Å². The summed E-state index contributed by atoms with van der Waals surface area (Å²) in [5, 5.41) is 3.93. The molecule has 2 nitrogen and oxygen atoms in total. The van der Waals surface area contributed by atoms with Crippen LogP contribution in [0.2, 0.25) is 0 Å². The van der Waals surface area contributed by atoms with Gasteiger partial charge in [-0.3, -0.25) is 0 Å². The molecule has 1 aliphatic carbocycles. The maximum Gasteiger partial charge on any atom is 0.143 e. The van der Waals surface area contributed by atoms with Crippen LogP contribution in [0.15, 0.2) is 265 Å². The second-order valence-corrected chi connectivity index (χ2v) is 16.6. The van der Waals surface area contributed by atoms with Crippen LogP contribution < -0.4 is 4.90 Å². The highest BCUT2D eigenvalue weighted by Gasteiger charge is 2.46. The Morgan fingerprint density at radius 1 is 0.373 bits per heavy atom. The Labute approximate surface area is 408 Å². The van der Waals surface area contributed by atoms with Gasteiger partial charge in [0.1, 0.15) is 11.2 Å². The molecule has 1 aliphatic rings. The van der Waals surface area contributed by atoms with Crippen molar-refractivity contribution in [3.05, 3.63) is 283 Å². The molecule has 0 radical (unpaired) electrons. The van der Waals surface area contributed by atoms with Crippen LogP contribution in [-0.2, 0) is 5.41 Å². The Bertz CT molecular complexity index is 4450.